The molecule has 0 aliphatic carbocycles. The van der Waals surface area contributed by atoms with Crippen molar-refractivity contribution in [2.75, 3.05) is 7.05 Å². The lowest BCUT2D eigenvalue weighted by Crippen LogP contribution is -2.19. The molecular formula is C15H14BrClFN. The third-order valence-corrected chi connectivity index (χ3v) is 3.79. The predicted molar refractivity (Wildman–Crippen MR) is 81.1 cm³/mol. The molecule has 0 amide bonds. The first-order valence-corrected chi connectivity index (χ1v) is 7.14. The number of benzene rings is 2. The number of likely N-dealkylation sites (N-methyl/N-ethyl adjacent to an activating group) is 1. The Balaban J connectivity index is 2.26. The maximum Gasteiger partial charge on any atom is 0.124 e. The van der Waals surface area contributed by atoms with Crippen LogP contribution in [-0.2, 0) is 6.42 Å². The molecule has 19 heavy (non-hydrogen) atoms. The van der Waals surface area contributed by atoms with Gasteiger partial charge in [-0.05, 0) is 48.9 Å². The molecule has 1 unspecified atom stereocenters. The van der Waals surface area contributed by atoms with Crippen molar-refractivity contribution in [3.05, 3.63) is 68.9 Å². The van der Waals surface area contributed by atoms with Crippen molar-refractivity contribution in [2.45, 2.75) is 12.5 Å². The molecule has 0 aliphatic heterocycles. The van der Waals surface area contributed by atoms with Crippen LogP contribution in [0.1, 0.15) is 17.2 Å². The van der Waals surface area contributed by atoms with E-state index in [1.807, 2.05) is 37.4 Å². The molecule has 1 nitrogen and oxygen atoms in total. The van der Waals surface area contributed by atoms with Gasteiger partial charge in [-0.2, -0.15) is 0 Å². The quantitative estimate of drug-likeness (QED) is 0.846. The molecule has 1 N–H and O–H groups in total. The van der Waals surface area contributed by atoms with Crippen molar-refractivity contribution in [3.8, 4) is 0 Å². The fourth-order valence-corrected chi connectivity index (χ4v) is 2.87. The lowest BCUT2D eigenvalue weighted by atomic mass is 9.99. The maximum absolute atomic E-state index is 13.4. The topological polar surface area (TPSA) is 12.0 Å². The Hall–Kier alpha value is -0.900. The lowest BCUT2D eigenvalue weighted by molar-refractivity contribution is 0.584. The highest BCUT2D eigenvalue weighted by Gasteiger charge is 2.13. The average molecular weight is 343 g/mol. The molecule has 2 aromatic carbocycles. The van der Waals surface area contributed by atoms with E-state index in [4.69, 9.17) is 11.6 Å². The highest BCUT2D eigenvalue weighted by molar-refractivity contribution is 9.10. The molecule has 1 atom stereocenters. The van der Waals surface area contributed by atoms with Crippen LogP contribution >= 0.6 is 27.5 Å². The minimum absolute atomic E-state index is 0.0578. The molecular weight excluding hydrogens is 329 g/mol. The van der Waals surface area contributed by atoms with Crippen LogP contribution in [0.5, 0.6) is 0 Å². The van der Waals surface area contributed by atoms with Gasteiger partial charge < -0.3 is 5.32 Å². The molecule has 2 aromatic rings. The molecule has 0 radical (unpaired) electrons. The minimum Gasteiger partial charge on any atom is -0.313 e. The zero-order valence-corrected chi connectivity index (χ0v) is 12.8. The summed E-state index contributed by atoms with van der Waals surface area (Å²) in [5.41, 5.74) is 1.94. The highest BCUT2D eigenvalue weighted by atomic mass is 79.9. The molecule has 0 bridgehead atoms. The van der Waals surface area contributed by atoms with E-state index in [-0.39, 0.29) is 11.9 Å². The Kier molecular flexibility index (Phi) is 4.97. The number of nitrogens with one attached hydrogen (secondary N) is 1. The van der Waals surface area contributed by atoms with Gasteiger partial charge in [-0.15, -0.1) is 0 Å². The summed E-state index contributed by atoms with van der Waals surface area (Å²) in [6, 6.07) is 12.7. The molecule has 0 aromatic heterocycles. The molecule has 0 fully saturated rings. The summed E-state index contributed by atoms with van der Waals surface area (Å²) in [5.74, 6) is -0.238. The van der Waals surface area contributed by atoms with Crippen LogP contribution in [0.3, 0.4) is 0 Å². The Morgan fingerprint density at radius 1 is 1.26 bits per heavy atom. The van der Waals surface area contributed by atoms with Gasteiger partial charge in [-0.25, -0.2) is 4.39 Å². The summed E-state index contributed by atoms with van der Waals surface area (Å²) >= 11 is 9.51. The van der Waals surface area contributed by atoms with Gasteiger partial charge in [0.15, 0.2) is 0 Å². The van der Waals surface area contributed by atoms with Crippen molar-refractivity contribution in [3.63, 3.8) is 0 Å². The number of hydrogen-bond acceptors (Lipinski definition) is 1. The highest BCUT2D eigenvalue weighted by Crippen LogP contribution is 2.26. The van der Waals surface area contributed by atoms with Gasteiger partial charge in [0.05, 0.1) is 0 Å². The summed E-state index contributed by atoms with van der Waals surface area (Å²) in [6.45, 7) is 0. The van der Waals surface area contributed by atoms with Crippen molar-refractivity contribution in [1.82, 2.24) is 5.32 Å². The summed E-state index contributed by atoms with van der Waals surface area (Å²) in [5, 5.41) is 3.94. The van der Waals surface area contributed by atoms with Gasteiger partial charge >= 0.3 is 0 Å². The van der Waals surface area contributed by atoms with Gasteiger partial charge in [0.2, 0.25) is 0 Å². The van der Waals surface area contributed by atoms with Gasteiger partial charge in [-0.1, -0.05) is 45.7 Å². The summed E-state index contributed by atoms with van der Waals surface area (Å²) < 4.78 is 14.1. The van der Waals surface area contributed by atoms with Gasteiger partial charge in [0, 0.05) is 15.5 Å². The van der Waals surface area contributed by atoms with Gasteiger partial charge in [0.25, 0.3) is 0 Å². The predicted octanol–water partition coefficient (Wildman–Crippen LogP) is 4.74. The first-order valence-electron chi connectivity index (χ1n) is 5.97. The van der Waals surface area contributed by atoms with E-state index in [2.05, 4.69) is 21.2 Å². The minimum atomic E-state index is -0.238. The summed E-state index contributed by atoms with van der Waals surface area (Å²) in [7, 11) is 1.88. The fourth-order valence-electron chi connectivity index (χ4n) is 2.09. The Labute approximate surface area is 125 Å². The lowest BCUT2D eigenvalue weighted by Gasteiger charge is -2.18. The Morgan fingerprint density at radius 3 is 2.63 bits per heavy atom. The molecule has 0 spiro atoms. The monoisotopic (exact) mass is 341 g/mol. The SMILES string of the molecule is CNC(Cc1cc(F)cc(Br)c1)c1ccccc1Cl. The van der Waals surface area contributed by atoms with Crippen molar-refractivity contribution >= 4 is 27.5 Å². The van der Waals surface area contributed by atoms with Crippen LogP contribution in [-0.4, -0.2) is 7.05 Å². The second-order valence-corrected chi connectivity index (χ2v) is 5.67. The van der Waals surface area contributed by atoms with Gasteiger partial charge in [-0.3, -0.25) is 0 Å². The van der Waals surface area contributed by atoms with E-state index >= 15 is 0 Å². The van der Waals surface area contributed by atoms with E-state index < -0.39 is 0 Å². The second-order valence-electron chi connectivity index (χ2n) is 4.34. The smallest absolute Gasteiger partial charge is 0.124 e. The molecule has 4 heteroatoms. The second kappa shape index (κ2) is 6.51. The zero-order chi connectivity index (χ0) is 13.8. The standard InChI is InChI=1S/C15H14BrClFN/c1-19-15(13-4-2-3-5-14(13)17)8-10-6-11(16)9-12(18)7-10/h2-7,9,15,19H,8H2,1H3. The normalized spacial score (nSPS) is 12.4. The van der Waals surface area contributed by atoms with Crippen molar-refractivity contribution in [2.24, 2.45) is 0 Å². The van der Waals surface area contributed by atoms with Gasteiger partial charge in [0.1, 0.15) is 5.82 Å². The van der Waals surface area contributed by atoms with Crippen molar-refractivity contribution < 1.29 is 4.39 Å². The van der Waals surface area contributed by atoms with E-state index in [0.717, 1.165) is 20.6 Å². The fraction of sp³-hybridized carbons (Fsp3) is 0.200. The molecule has 100 valence electrons. The molecule has 2 rings (SSSR count). The third-order valence-electron chi connectivity index (χ3n) is 2.99. The molecule has 0 aliphatic rings. The van der Waals surface area contributed by atoms with Crippen LogP contribution in [0, 0.1) is 5.82 Å². The third kappa shape index (κ3) is 3.78. The first kappa shape index (κ1) is 14.5. The largest absolute Gasteiger partial charge is 0.313 e. The molecule has 0 saturated carbocycles. The van der Waals surface area contributed by atoms with Crippen LogP contribution in [0.15, 0.2) is 46.9 Å². The van der Waals surface area contributed by atoms with E-state index in [9.17, 15) is 4.39 Å². The number of rotatable bonds is 4. The molecule has 0 saturated heterocycles. The van der Waals surface area contributed by atoms with E-state index in [0.29, 0.717) is 6.42 Å². The van der Waals surface area contributed by atoms with Crippen LogP contribution in [0.2, 0.25) is 5.02 Å². The van der Waals surface area contributed by atoms with E-state index in [1.165, 1.54) is 6.07 Å². The average Bonchev–Trinajstić information content (AvgIpc) is 2.36. The van der Waals surface area contributed by atoms with Crippen LogP contribution < -0.4 is 5.32 Å². The molecule has 0 heterocycles. The number of halogens is 3. The summed E-state index contributed by atoms with van der Waals surface area (Å²) in [6.07, 6.45) is 0.677. The van der Waals surface area contributed by atoms with Crippen molar-refractivity contribution in [1.29, 1.82) is 0 Å². The number of hydrogen-bond donors (Lipinski definition) is 1. The maximum atomic E-state index is 13.4. The summed E-state index contributed by atoms with van der Waals surface area (Å²) in [4.78, 5) is 0. The Morgan fingerprint density at radius 2 is 2.00 bits per heavy atom. The van der Waals surface area contributed by atoms with E-state index in [1.54, 1.807) is 6.07 Å². The zero-order valence-electron chi connectivity index (χ0n) is 10.5. The first-order chi connectivity index (χ1) is 9.10. The Bertz CT molecular complexity index is 554. The van der Waals surface area contributed by atoms with Crippen LogP contribution in [0.4, 0.5) is 4.39 Å². The van der Waals surface area contributed by atoms with Crippen LogP contribution in [0.25, 0.3) is 0 Å².